The van der Waals surface area contributed by atoms with Crippen LogP contribution in [0.15, 0.2) is 18.2 Å². The number of aromatic amines is 1. The number of carboxylic acid groups (broad SMARTS) is 1. The number of hydrogen-bond acceptors (Lipinski definition) is 2. The van der Waals surface area contributed by atoms with Gasteiger partial charge in [-0.05, 0) is 31.0 Å². The van der Waals surface area contributed by atoms with E-state index in [2.05, 4.69) is 11.9 Å². The average molecular weight is 247 g/mol. The summed E-state index contributed by atoms with van der Waals surface area (Å²) in [6, 6.07) is 5.45. The van der Waals surface area contributed by atoms with Gasteiger partial charge in [-0.1, -0.05) is 19.4 Å². The molecule has 0 atom stereocenters. The fraction of sp³-hybridized carbons (Fsp3) is 0.357. The van der Waals surface area contributed by atoms with E-state index in [0.717, 1.165) is 35.1 Å². The Kier molecular flexibility index (Phi) is 3.55. The smallest absolute Gasteiger partial charge is 0.352 e. The van der Waals surface area contributed by atoms with Crippen LogP contribution in [0.25, 0.3) is 10.9 Å². The van der Waals surface area contributed by atoms with E-state index in [1.54, 1.807) is 6.07 Å². The first-order valence-corrected chi connectivity index (χ1v) is 6.12. The molecular weight excluding hydrogens is 230 g/mol. The van der Waals surface area contributed by atoms with Gasteiger partial charge in [0, 0.05) is 10.9 Å². The molecule has 0 bridgehead atoms. The van der Waals surface area contributed by atoms with E-state index in [1.807, 2.05) is 19.1 Å². The second-order valence-electron chi connectivity index (χ2n) is 4.36. The molecule has 4 nitrogen and oxygen atoms in total. The molecule has 0 fully saturated rings. The number of nitrogens with one attached hydrogen (secondary N) is 1. The largest absolute Gasteiger partial charge is 0.493 e. The fourth-order valence-corrected chi connectivity index (χ4v) is 1.91. The number of benzene rings is 1. The highest BCUT2D eigenvalue weighted by molar-refractivity contribution is 5.96. The predicted octanol–water partition coefficient (Wildman–Crippen LogP) is 3.35. The van der Waals surface area contributed by atoms with Crippen molar-refractivity contribution in [3.63, 3.8) is 0 Å². The molecule has 0 amide bonds. The van der Waals surface area contributed by atoms with Gasteiger partial charge in [0.1, 0.15) is 11.4 Å². The van der Waals surface area contributed by atoms with Crippen molar-refractivity contribution in [3.8, 4) is 5.75 Å². The lowest BCUT2D eigenvalue weighted by Gasteiger charge is -2.09. The van der Waals surface area contributed by atoms with Crippen LogP contribution in [0.3, 0.4) is 0 Å². The number of ether oxygens (including phenoxy) is 1. The molecule has 1 aromatic heterocycles. The molecule has 0 spiro atoms. The maximum Gasteiger partial charge on any atom is 0.352 e. The van der Waals surface area contributed by atoms with Crippen molar-refractivity contribution in [3.05, 3.63) is 29.5 Å². The number of carboxylic acids is 1. The van der Waals surface area contributed by atoms with Gasteiger partial charge in [0.05, 0.1) is 6.61 Å². The first-order chi connectivity index (χ1) is 8.63. The van der Waals surface area contributed by atoms with Crippen molar-refractivity contribution in [2.75, 3.05) is 6.61 Å². The summed E-state index contributed by atoms with van der Waals surface area (Å²) >= 11 is 0. The molecule has 0 aliphatic rings. The maximum absolute atomic E-state index is 11.0. The number of aromatic carboxylic acids is 1. The van der Waals surface area contributed by atoms with E-state index in [4.69, 9.17) is 9.84 Å². The van der Waals surface area contributed by atoms with E-state index in [-0.39, 0.29) is 5.69 Å². The highest BCUT2D eigenvalue weighted by atomic mass is 16.5. The standard InChI is InChI=1S/C14H17NO3/c1-3-4-7-18-13-9(2)5-6-11-10(13)8-12(15-11)14(16)17/h5-6,8,15H,3-4,7H2,1-2H3,(H,16,17). The van der Waals surface area contributed by atoms with Crippen molar-refractivity contribution in [1.82, 2.24) is 4.98 Å². The van der Waals surface area contributed by atoms with Gasteiger partial charge in [0.2, 0.25) is 0 Å². The minimum absolute atomic E-state index is 0.191. The fourth-order valence-electron chi connectivity index (χ4n) is 1.91. The Bertz CT molecular complexity index is 572. The summed E-state index contributed by atoms with van der Waals surface area (Å²) < 4.78 is 5.77. The Hall–Kier alpha value is -1.97. The monoisotopic (exact) mass is 247 g/mol. The third-order valence-corrected chi connectivity index (χ3v) is 2.93. The van der Waals surface area contributed by atoms with E-state index < -0.39 is 5.97 Å². The second-order valence-corrected chi connectivity index (χ2v) is 4.36. The Morgan fingerprint density at radius 3 is 2.89 bits per heavy atom. The van der Waals surface area contributed by atoms with Gasteiger partial charge in [-0.2, -0.15) is 0 Å². The SMILES string of the molecule is CCCCOc1c(C)ccc2[nH]c(C(=O)O)cc12. The van der Waals surface area contributed by atoms with Crippen LogP contribution in [0.1, 0.15) is 35.8 Å². The van der Waals surface area contributed by atoms with Gasteiger partial charge in [0.15, 0.2) is 0 Å². The summed E-state index contributed by atoms with van der Waals surface area (Å²) in [4.78, 5) is 13.8. The summed E-state index contributed by atoms with van der Waals surface area (Å²) in [7, 11) is 0. The molecular formula is C14H17NO3. The van der Waals surface area contributed by atoms with Gasteiger partial charge < -0.3 is 14.8 Å². The zero-order valence-electron chi connectivity index (χ0n) is 10.6. The number of rotatable bonds is 5. The number of unbranched alkanes of at least 4 members (excludes halogenated alkanes) is 1. The molecule has 2 N–H and O–H groups in total. The average Bonchev–Trinajstić information content (AvgIpc) is 2.76. The molecule has 96 valence electrons. The molecule has 0 aliphatic carbocycles. The van der Waals surface area contributed by atoms with Crippen LogP contribution in [-0.4, -0.2) is 22.7 Å². The molecule has 0 unspecified atom stereocenters. The lowest BCUT2D eigenvalue weighted by Crippen LogP contribution is -1.98. The third kappa shape index (κ3) is 2.32. The molecule has 1 heterocycles. The normalized spacial score (nSPS) is 10.8. The topological polar surface area (TPSA) is 62.3 Å². The maximum atomic E-state index is 11.0. The summed E-state index contributed by atoms with van der Waals surface area (Å²) in [6.07, 6.45) is 2.06. The Morgan fingerprint density at radius 2 is 2.22 bits per heavy atom. The zero-order chi connectivity index (χ0) is 13.1. The number of fused-ring (bicyclic) bond motifs is 1. The molecule has 0 aliphatic heterocycles. The number of H-pyrrole nitrogens is 1. The molecule has 4 heteroatoms. The second kappa shape index (κ2) is 5.12. The number of aromatic nitrogens is 1. The van der Waals surface area contributed by atoms with Crippen LogP contribution in [0.5, 0.6) is 5.75 Å². The molecule has 1 aromatic carbocycles. The van der Waals surface area contributed by atoms with Crippen molar-refractivity contribution >= 4 is 16.9 Å². The van der Waals surface area contributed by atoms with Crippen molar-refractivity contribution in [2.24, 2.45) is 0 Å². The molecule has 2 aromatic rings. The van der Waals surface area contributed by atoms with Crippen LogP contribution >= 0.6 is 0 Å². The predicted molar refractivity (Wildman–Crippen MR) is 70.4 cm³/mol. The molecule has 2 rings (SSSR count). The highest BCUT2D eigenvalue weighted by Gasteiger charge is 2.12. The van der Waals surface area contributed by atoms with E-state index in [0.29, 0.717) is 6.61 Å². The van der Waals surface area contributed by atoms with Crippen molar-refractivity contribution in [2.45, 2.75) is 26.7 Å². The number of carbonyl (C=O) groups is 1. The van der Waals surface area contributed by atoms with Gasteiger partial charge in [-0.15, -0.1) is 0 Å². The Morgan fingerprint density at radius 1 is 1.44 bits per heavy atom. The lowest BCUT2D eigenvalue weighted by atomic mass is 10.1. The molecule has 0 radical (unpaired) electrons. The third-order valence-electron chi connectivity index (χ3n) is 2.93. The minimum atomic E-state index is -0.955. The van der Waals surface area contributed by atoms with Gasteiger partial charge >= 0.3 is 5.97 Å². The number of hydrogen-bond donors (Lipinski definition) is 2. The van der Waals surface area contributed by atoms with E-state index in [9.17, 15) is 4.79 Å². The van der Waals surface area contributed by atoms with Crippen molar-refractivity contribution in [1.29, 1.82) is 0 Å². The summed E-state index contributed by atoms with van der Waals surface area (Å²) in [5, 5.41) is 9.82. The molecule has 0 saturated carbocycles. The van der Waals surface area contributed by atoms with Gasteiger partial charge in [-0.25, -0.2) is 4.79 Å². The zero-order valence-corrected chi connectivity index (χ0v) is 10.6. The van der Waals surface area contributed by atoms with Crippen LogP contribution in [0.4, 0.5) is 0 Å². The van der Waals surface area contributed by atoms with Gasteiger partial charge in [0.25, 0.3) is 0 Å². The Labute approximate surface area is 106 Å². The van der Waals surface area contributed by atoms with Crippen LogP contribution in [-0.2, 0) is 0 Å². The van der Waals surface area contributed by atoms with E-state index in [1.165, 1.54) is 0 Å². The quantitative estimate of drug-likeness (QED) is 0.796. The van der Waals surface area contributed by atoms with Crippen LogP contribution in [0.2, 0.25) is 0 Å². The summed E-state index contributed by atoms with van der Waals surface area (Å²) in [5.74, 6) is -0.173. The minimum Gasteiger partial charge on any atom is -0.493 e. The van der Waals surface area contributed by atoms with Gasteiger partial charge in [-0.3, -0.25) is 0 Å². The first kappa shape index (κ1) is 12.5. The highest BCUT2D eigenvalue weighted by Crippen LogP contribution is 2.30. The molecule has 18 heavy (non-hydrogen) atoms. The summed E-state index contributed by atoms with van der Waals surface area (Å²) in [6.45, 7) is 4.73. The van der Waals surface area contributed by atoms with Crippen LogP contribution in [0, 0.1) is 6.92 Å². The Balaban J connectivity index is 2.42. The molecule has 0 saturated heterocycles. The van der Waals surface area contributed by atoms with Crippen molar-refractivity contribution < 1.29 is 14.6 Å². The summed E-state index contributed by atoms with van der Waals surface area (Å²) in [5.41, 5.74) is 2.01. The van der Waals surface area contributed by atoms with E-state index >= 15 is 0 Å². The lowest BCUT2D eigenvalue weighted by molar-refractivity contribution is 0.0691. The first-order valence-electron chi connectivity index (χ1n) is 6.12. The van der Waals surface area contributed by atoms with Crippen LogP contribution < -0.4 is 4.74 Å². The number of aryl methyl sites for hydroxylation is 1.